The third-order valence-corrected chi connectivity index (χ3v) is 3.83. The van der Waals surface area contributed by atoms with Gasteiger partial charge in [-0.25, -0.2) is 0 Å². The first-order chi connectivity index (χ1) is 7.81. The zero-order valence-electron chi connectivity index (χ0n) is 9.83. The van der Waals surface area contributed by atoms with Crippen molar-refractivity contribution in [2.24, 2.45) is 0 Å². The largest absolute Gasteiger partial charge is 0.368 e. The maximum absolute atomic E-state index is 6.30. The Hall–Kier alpha value is -0.860. The molecule has 1 aromatic rings. The van der Waals surface area contributed by atoms with Crippen LogP contribution in [0, 0.1) is 0 Å². The average molecular weight is 217 g/mol. The molecular formula is C14H19NO. The number of rotatable bonds is 1. The average Bonchev–Trinajstić information content (AvgIpc) is 2.66. The molecule has 3 rings (SSSR count). The maximum atomic E-state index is 6.30. The lowest BCUT2D eigenvalue weighted by molar-refractivity contribution is -0.110. The van der Waals surface area contributed by atoms with E-state index in [9.17, 15) is 0 Å². The lowest BCUT2D eigenvalue weighted by Crippen LogP contribution is -2.54. The third-order valence-electron chi connectivity index (χ3n) is 3.83. The summed E-state index contributed by atoms with van der Waals surface area (Å²) in [5.41, 5.74) is 2.99. The topological polar surface area (TPSA) is 21.3 Å². The van der Waals surface area contributed by atoms with E-state index in [0.29, 0.717) is 6.10 Å². The van der Waals surface area contributed by atoms with Gasteiger partial charge in [-0.1, -0.05) is 31.2 Å². The zero-order chi connectivity index (χ0) is 11.0. The molecule has 0 aromatic heterocycles. The van der Waals surface area contributed by atoms with Crippen LogP contribution >= 0.6 is 0 Å². The number of nitrogens with one attached hydrogen (secondary N) is 1. The van der Waals surface area contributed by atoms with E-state index in [-0.39, 0.29) is 5.60 Å². The van der Waals surface area contributed by atoms with Crippen LogP contribution in [0.3, 0.4) is 0 Å². The SMILES string of the molecule is CCC1CNCC2(Cc3ccccc3C2)O1. The molecule has 0 bridgehead atoms. The number of hydrogen-bond donors (Lipinski definition) is 1. The monoisotopic (exact) mass is 217 g/mol. The Balaban J connectivity index is 1.83. The third kappa shape index (κ3) is 1.66. The van der Waals surface area contributed by atoms with Crippen molar-refractivity contribution in [1.29, 1.82) is 0 Å². The molecule has 1 unspecified atom stereocenters. The van der Waals surface area contributed by atoms with Gasteiger partial charge in [0.15, 0.2) is 0 Å². The lowest BCUT2D eigenvalue weighted by Gasteiger charge is -2.39. The normalized spacial score (nSPS) is 26.9. The van der Waals surface area contributed by atoms with Crippen molar-refractivity contribution in [3.05, 3.63) is 35.4 Å². The maximum Gasteiger partial charge on any atom is 0.0891 e. The fourth-order valence-electron chi connectivity index (χ4n) is 2.99. The molecule has 1 aliphatic heterocycles. The molecule has 1 fully saturated rings. The second kappa shape index (κ2) is 3.86. The second-order valence-electron chi connectivity index (χ2n) is 5.08. The summed E-state index contributed by atoms with van der Waals surface area (Å²) in [4.78, 5) is 0. The Kier molecular flexibility index (Phi) is 2.49. The predicted molar refractivity (Wildman–Crippen MR) is 64.6 cm³/mol. The standard InChI is InChI=1S/C14H19NO/c1-2-13-9-15-10-14(16-13)7-11-5-3-4-6-12(11)8-14/h3-6,13,15H,2,7-10H2,1H3. The van der Waals surface area contributed by atoms with Crippen molar-refractivity contribution >= 4 is 0 Å². The Labute approximate surface area is 97.0 Å². The molecule has 2 aliphatic rings. The van der Waals surface area contributed by atoms with E-state index in [2.05, 4.69) is 36.5 Å². The smallest absolute Gasteiger partial charge is 0.0891 e. The Morgan fingerprint density at radius 3 is 2.62 bits per heavy atom. The van der Waals surface area contributed by atoms with E-state index >= 15 is 0 Å². The van der Waals surface area contributed by atoms with Crippen LogP contribution in [0.1, 0.15) is 24.5 Å². The molecule has 2 nitrogen and oxygen atoms in total. The Morgan fingerprint density at radius 1 is 1.31 bits per heavy atom. The highest BCUT2D eigenvalue weighted by molar-refractivity contribution is 5.35. The lowest BCUT2D eigenvalue weighted by atomic mass is 9.97. The molecule has 1 saturated heterocycles. The summed E-state index contributed by atoms with van der Waals surface area (Å²) >= 11 is 0. The van der Waals surface area contributed by atoms with Crippen LogP contribution in [0.5, 0.6) is 0 Å². The van der Waals surface area contributed by atoms with Gasteiger partial charge in [0.1, 0.15) is 0 Å². The van der Waals surface area contributed by atoms with Crippen molar-refractivity contribution in [3.63, 3.8) is 0 Å². The molecule has 0 radical (unpaired) electrons. The van der Waals surface area contributed by atoms with Crippen LogP contribution in [0.25, 0.3) is 0 Å². The highest BCUT2D eigenvalue weighted by Gasteiger charge is 2.41. The van der Waals surface area contributed by atoms with Crippen molar-refractivity contribution in [3.8, 4) is 0 Å². The van der Waals surface area contributed by atoms with Crippen molar-refractivity contribution < 1.29 is 4.74 Å². The van der Waals surface area contributed by atoms with E-state index in [0.717, 1.165) is 32.4 Å². The summed E-state index contributed by atoms with van der Waals surface area (Å²) in [5.74, 6) is 0. The summed E-state index contributed by atoms with van der Waals surface area (Å²) in [7, 11) is 0. The molecule has 1 atom stereocenters. The van der Waals surface area contributed by atoms with Crippen molar-refractivity contribution in [2.75, 3.05) is 13.1 Å². The fourth-order valence-corrected chi connectivity index (χ4v) is 2.99. The first kappa shape index (κ1) is 10.3. The molecule has 0 amide bonds. The van der Waals surface area contributed by atoms with E-state index in [4.69, 9.17) is 4.74 Å². The Bertz CT molecular complexity index is 363. The van der Waals surface area contributed by atoms with Gasteiger partial charge in [0.25, 0.3) is 0 Å². The summed E-state index contributed by atoms with van der Waals surface area (Å²) < 4.78 is 6.30. The minimum Gasteiger partial charge on any atom is -0.368 e. The van der Waals surface area contributed by atoms with Crippen LogP contribution in [-0.4, -0.2) is 24.8 Å². The first-order valence-electron chi connectivity index (χ1n) is 6.27. The van der Waals surface area contributed by atoms with Gasteiger partial charge in [-0.15, -0.1) is 0 Å². The van der Waals surface area contributed by atoms with Gasteiger partial charge in [0, 0.05) is 25.9 Å². The van der Waals surface area contributed by atoms with Crippen molar-refractivity contribution in [1.82, 2.24) is 5.32 Å². The van der Waals surface area contributed by atoms with Gasteiger partial charge in [0.05, 0.1) is 11.7 Å². The van der Waals surface area contributed by atoms with Crippen LogP contribution in [-0.2, 0) is 17.6 Å². The van der Waals surface area contributed by atoms with Crippen LogP contribution in [0.2, 0.25) is 0 Å². The molecule has 1 aliphatic carbocycles. The first-order valence-corrected chi connectivity index (χ1v) is 6.27. The minimum absolute atomic E-state index is 0.0443. The molecule has 1 heterocycles. The van der Waals surface area contributed by atoms with E-state index in [1.165, 1.54) is 11.1 Å². The van der Waals surface area contributed by atoms with Crippen molar-refractivity contribution in [2.45, 2.75) is 37.9 Å². The molecule has 86 valence electrons. The Morgan fingerprint density at radius 2 is 2.00 bits per heavy atom. The molecule has 1 aromatic carbocycles. The minimum atomic E-state index is 0.0443. The molecule has 1 spiro atoms. The van der Waals surface area contributed by atoms with Gasteiger partial charge in [-0.2, -0.15) is 0 Å². The molecule has 1 N–H and O–H groups in total. The van der Waals surface area contributed by atoms with Crippen LogP contribution < -0.4 is 5.32 Å². The molecule has 2 heteroatoms. The second-order valence-corrected chi connectivity index (χ2v) is 5.08. The van der Waals surface area contributed by atoms with E-state index in [1.807, 2.05) is 0 Å². The predicted octanol–water partition coefficient (Wildman–Crippen LogP) is 1.92. The molecule has 16 heavy (non-hydrogen) atoms. The quantitative estimate of drug-likeness (QED) is 0.776. The number of hydrogen-bond acceptors (Lipinski definition) is 2. The number of benzene rings is 1. The molecular weight excluding hydrogens is 198 g/mol. The summed E-state index contributed by atoms with van der Waals surface area (Å²) in [6.45, 7) is 4.21. The summed E-state index contributed by atoms with van der Waals surface area (Å²) in [6, 6.07) is 8.74. The van der Waals surface area contributed by atoms with Crippen LogP contribution in [0.4, 0.5) is 0 Å². The zero-order valence-corrected chi connectivity index (χ0v) is 9.83. The molecule has 0 saturated carbocycles. The van der Waals surface area contributed by atoms with Gasteiger partial charge < -0.3 is 10.1 Å². The van der Waals surface area contributed by atoms with Gasteiger partial charge in [0.2, 0.25) is 0 Å². The van der Waals surface area contributed by atoms with Gasteiger partial charge >= 0.3 is 0 Å². The van der Waals surface area contributed by atoms with E-state index in [1.54, 1.807) is 0 Å². The van der Waals surface area contributed by atoms with Gasteiger partial charge in [-0.3, -0.25) is 0 Å². The number of fused-ring (bicyclic) bond motifs is 1. The number of ether oxygens (including phenoxy) is 1. The summed E-state index contributed by atoms with van der Waals surface area (Å²) in [6.07, 6.45) is 3.65. The summed E-state index contributed by atoms with van der Waals surface area (Å²) in [5, 5.41) is 3.53. The van der Waals surface area contributed by atoms with E-state index < -0.39 is 0 Å². The van der Waals surface area contributed by atoms with Crippen LogP contribution in [0.15, 0.2) is 24.3 Å². The fraction of sp³-hybridized carbons (Fsp3) is 0.571. The number of morpholine rings is 1. The highest BCUT2D eigenvalue weighted by atomic mass is 16.5. The van der Waals surface area contributed by atoms with Gasteiger partial charge in [-0.05, 0) is 17.5 Å². The highest BCUT2D eigenvalue weighted by Crippen LogP contribution is 2.35.